The average Bonchev–Trinajstić information content (AvgIpc) is 2.40. The number of hydrogen-bond acceptors (Lipinski definition) is 3. The van der Waals surface area contributed by atoms with Crippen LogP contribution >= 0.6 is 139 Å². The van der Waals surface area contributed by atoms with Crippen LogP contribution in [0, 0.1) is 0 Å². The molecule has 0 N–H and O–H groups in total. The summed E-state index contributed by atoms with van der Waals surface area (Å²) >= 11 is 69.4. The Morgan fingerprint density at radius 1 is 0.500 bits per heavy atom. The van der Waals surface area contributed by atoms with E-state index in [1.54, 1.807) is 0 Å². The summed E-state index contributed by atoms with van der Waals surface area (Å²) in [5, 5.41) is -1.91. The van der Waals surface area contributed by atoms with Crippen LogP contribution in [0.5, 0.6) is 0 Å². The summed E-state index contributed by atoms with van der Waals surface area (Å²) in [4.78, 5) is 0. The predicted octanol–water partition coefficient (Wildman–Crippen LogP) is 8.12. The first kappa shape index (κ1) is 31.4. The Morgan fingerprint density at radius 2 is 0.714 bits per heavy atom. The number of rotatable bonds is 12. The molecule has 0 aromatic carbocycles. The summed E-state index contributed by atoms with van der Waals surface area (Å²) in [6.45, 7) is -0.182. The number of halogens is 12. The first-order valence-corrected chi connectivity index (χ1v) is 12.1. The minimum atomic E-state index is -1.54. The van der Waals surface area contributed by atoms with E-state index in [2.05, 4.69) is 0 Å². The van der Waals surface area contributed by atoms with Gasteiger partial charge in [-0.05, 0) is 0 Å². The lowest BCUT2D eigenvalue weighted by molar-refractivity contribution is 0.0914. The van der Waals surface area contributed by atoms with E-state index in [0.717, 1.165) is 0 Å². The van der Waals surface area contributed by atoms with E-state index < -0.39 is 34.8 Å². The molecule has 3 unspecified atom stereocenters. The second-order valence-electron chi connectivity index (χ2n) is 5.54. The molecule has 0 aromatic rings. The van der Waals surface area contributed by atoms with E-state index in [9.17, 15) is 0 Å². The Bertz CT molecular complexity index is 366. The normalized spacial score (nSPS) is 16.7. The number of alkyl halides is 12. The molecule has 168 valence electrons. The van der Waals surface area contributed by atoms with Gasteiger partial charge in [-0.1, -0.05) is 104 Å². The second kappa shape index (κ2) is 14.6. The van der Waals surface area contributed by atoms with E-state index in [1.165, 1.54) is 0 Å². The largest absolute Gasteiger partial charge is 0.639 e. The monoisotopic (exact) mass is 638 g/mol. The van der Waals surface area contributed by atoms with Gasteiger partial charge in [0.2, 0.25) is 0 Å². The molecule has 0 saturated heterocycles. The molecule has 0 bridgehead atoms. The lowest BCUT2D eigenvalue weighted by Crippen LogP contribution is -2.35. The lowest BCUT2D eigenvalue weighted by atomic mass is 10.2. The fourth-order valence-corrected chi connectivity index (χ4v) is 4.92. The van der Waals surface area contributed by atoms with Crippen LogP contribution in [0.2, 0.25) is 0 Å². The van der Waals surface area contributed by atoms with Crippen LogP contribution in [0.4, 0.5) is 0 Å². The van der Waals surface area contributed by atoms with E-state index in [-0.39, 0.29) is 39.1 Å². The van der Waals surface area contributed by atoms with Gasteiger partial charge in [0.05, 0.1) is 36.0 Å². The predicted molar refractivity (Wildman–Crippen MR) is 127 cm³/mol. The van der Waals surface area contributed by atoms with Crippen molar-refractivity contribution in [2.24, 2.45) is 0 Å². The Morgan fingerprint density at radius 3 is 0.893 bits per heavy atom. The molecule has 3 nitrogen and oxygen atoms in total. The Balaban J connectivity index is 4.64. The lowest BCUT2D eigenvalue weighted by Gasteiger charge is -2.22. The molecule has 0 heterocycles. The molecule has 0 amide bonds. The fraction of sp³-hybridized carbons (Fsp3) is 1.00. The van der Waals surface area contributed by atoms with Crippen molar-refractivity contribution in [2.45, 2.75) is 46.8 Å². The van der Waals surface area contributed by atoms with Gasteiger partial charge in [0.1, 0.15) is 0 Å². The second-order valence-corrected chi connectivity index (χ2v) is 14.9. The standard InChI is InChI=1S/C12H15BCl12O3/c14-7(1-10(17,18)19)4-26-13(27-5-8(15)2-11(20,21)22)28-6-9(16)3-12(23,24)25/h7-9H,1-6H2. The minimum absolute atomic E-state index is 0.0305. The molecular formula is C12H15BCl12O3. The molecule has 16 heteroatoms. The van der Waals surface area contributed by atoms with E-state index in [1.807, 2.05) is 0 Å². The SMILES string of the molecule is ClC(COB(OCC(Cl)CC(Cl)(Cl)Cl)OCC(Cl)CC(Cl)(Cl)Cl)CC(Cl)(Cl)Cl. The maximum Gasteiger partial charge on any atom is 0.639 e. The first-order valence-electron chi connectivity index (χ1n) is 7.44. The van der Waals surface area contributed by atoms with Crippen LogP contribution < -0.4 is 0 Å². The zero-order chi connectivity index (χ0) is 22.2. The summed E-state index contributed by atoms with van der Waals surface area (Å²) in [7, 11) is -1.20. The summed E-state index contributed by atoms with van der Waals surface area (Å²) in [6, 6.07) is 0. The molecule has 0 rings (SSSR count). The van der Waals surface area contributed by atoms with Gasteiger partial charge in [-0.15, -0.1) is 34.8 Å². The van der Waals surface area contributed by atoms with Gasteiger partial charge in [0.25, 0.3) is 0 Å². The molecule has 0 radical (unpaired) electrons. The molecule has 28 heavy (non-hydrogen) atoms. The van der Waals surface area contributed by atoms with Crippen molar-refractivity contribution in [2.75, 3.05) is 19.8 Å². The highest BCUT2D eigenvalue weighted by Crippen LogP contribution is 2.35. The fourth-order valence-electron chi connectivity index (χ4n) is 1.62. The molecule has 0 spiro atoms. The highest BCUT2D eigenvalue weighted by atomic mass is 35.6. The number of hydrogen-bond donors (Lipinski definition) is 0. The highest BCUT2D eigenvalue weighted by molar-refractivity contribution is 6.68. The summed E-state index contributed by atoms with van der Waals surface area (Å²) in [5.74, 6) is 0. The van der Waals surface area contributed by atoms with Gasteiger partial charge in [0.15, 0.2) is 11.4 Å². The van der Waals surface area contributed by atoms with Crippen LogP contribution in [0.3, 0.4) is 0 Å². The van der Waals surface area contributed by atoms with Crippen molar-refractivity contribution in [1.29, 1.82) is 0 Å². The molecule has 0 aromatic heterocycles. The molecule has 0 aliphatic heterocycles. The quantitative estimate of drug-likeness (QED) is 0.159. The van der Waals surface area contributed by atoms with Crippen molar-refractivity contribution in [3.8, 4) is 0 Å². The summed E-state index contributed by atoms with van der Waals surface area (Å²) in [6.07, 6.45) is 0.0915. The van der Waals surface area contributed by atoms with Crippen LogP contribution in [-0.4, -0.2) is 54.7 Å². The zero-order valence-corrected chi connectivity index (χ0v) is 22.9. The summed E-state index contributed by atoms with van der Waals surface area (Å²) < 4.78 is 11.7. The van der Waals surface area contributed by atoms with Gasteiger partial charge in [-0.25, -0.2) is 0 Å². The van der Waals surface area contributed by atoms with Gasteiger partial charge < -0.3 is 14.0 Å². The van der Waals surface area contributed by atoms with Crippen LogP contribution in [0.1, 0.15) is 19.3 Å². The molecule has 3 atom stereocenters. The van der Waals surface area contributed by atoms with Gasteiger partial charge in [0, 0.05) is 19.3 Å². The molecule has 0 fully saturated rings. The third-order valence-electron chi connectivity index (χ3n) is 2.60. The van der Waals surface area contributed by atoms with Gasteiger partial charge in [-0.2, -0.15) is 0 Å². The van der Waals surface area contributed by atoms with Crippen LogP contribution in [0.15, 0.2) is 0 Å². The Hall–Kier alpha value is 3.42. The van der Waals surface area contributed by atoms with Crippen molar-refractivity contribution in [3.63, 3.8) is 0 Å². The van der Waals surface area contributed by atoms with E-state index in [4.69, 9.17) is 153 Å². The van der Waals surface area contributed by atoms with Crippen molar-refractivity contribution < 1.29 is 14.0 Å². The molecular weight excluding hydrogens is 628 g/mol. The highest BCUT2D eigenvalue weighted by Gasteiger charge is 2.32. The smallest absolute Gasteiger partial charge is 0.384 e. The minimum Gasteiger partial charge on any atom is -0.384 e. The molecule has 0 aliphatic carbocycles. The van der Waals surface area contributed by atoms with Crippen molar-refractivity contribution in [3.05, 3.63) is 0 Å². The maximum absolute atomic E-state index is 6.06. The first-order chi connectivity index (χ1) is 12.5. The Kier molecular flexibility index (Phi) is 16.4. The molecule has 0 aliphatic rings. The van der Waals surface area contributed by atoms with Crippen LogP contribution in [0.25, 0.3) is 0 Å². The van der Waals surface area contributed by atoms with Gasteiger partial charge >= 0.3 is 7.32 Å². The zero-order valence-electron chi connectivity index (χ0n) is 13.8. The third-order valence-corrected chi connectivity index (χ3v) is 4.83. The average molecular weight is 643 g/mol. The molecule has 0 saturated carbocycles. The van der Waals surface area contributed by atoms with Crippen molar-refractivity contribution in [1.82, 2.24) is 0 Å². The van der Waals surface area contributed by atoms with E-state index in [0.29, 0.717) is 0 Å². The van der Waals surface area contributed by atoms with Gasteiger partial charge in [-0.3, -0.25) is 0 Å². The third kappa shape index (κ3) is 21.3. The summed E-state index contributed by atoms with van der Waals surface area (Å²) in [5.41, 5.74) is 0. The van der Waals surface area contributed by atoms with E-state index >= 15 is 0 Å². The van der Waals surface area contributed by atoms with Crippen molar-refractivity contribution >= 4 is 147 Å². The van der Waals surface area contributed by atoms with Crippen LogP contribution in [-0.2, 0) is 14.0 Å². The topological polar surface area (TPSA) is 27.7 Å². The Labute approximate surface area is 225 Å². The maximum atomic E-state index is 6.06.